The van der Waals surface area contributed by atoms with Crippen LogP contribution in [0.15, 0.2) is 18.3 Å². The minimum atomic E-state index is -0.446. The van der Waals surface area contributed by atoms with Gasteiger partial charge in [-0.25, -0.2) is 4.98 Å². The number of rotatable bonds is 4. The Bertz CT molecular complexity index is 478. The Morgan fingerprint density at radius 3 is 3.00 bits per heavy atom. The van der Waals surface area contributed by atoms with Crippen LogP contribution >= 0.6 is 0 Å². The zero-order valence-corrected chi connectivity index (χ0v) is 12.2. The summed E-state index contributed by atoms with van der Waals surface area (Å²) in [4.78, 5) is 20.6. The fraction of sp³-hybridized carbons (Fsp3) is 0.571. The zero-order chi connectivity index (χ0) is 14.7. The zero-order valence-electron chi connectivity index (χ0n) is 12.2. The fourth-order valence-electron chi connectivity index (χ4n) is 2.67. The molecule has 2 heterocycles. The van der Waals surface area contributed by atoms with E-state index >= 15 is 0 Å². The number of β-amino-alcohol motifs (C(OH)–C–C–N with tert-alkyl or cyclic N) is 1. The van der Waals surface area contributed by atoms with Crippen LogP contribution in [0.1, 0.15) is 16.8 Å². The Morgan fingerprint density at radius 2 is 2.35 bits per heavy atom. The van der Waals surface area contributed by atoms with Crippen LogP contribution in [0.2, 0.25) is 0 Å². The summed E-state index contributed by atoms with van der Waals surface area (Å²) in [6, 6.07) is 3.55. The Labute approximate surface area is 119 Å². The maximum atomic E-state index is 12.7. The Morgan fingerprint density at radius 1 is 1.60 bits per heavy atom. The van der Waals surface area contributed by atoms with Crippen molar-refractivity contribution >= 4 is 11.7 Å². The van der Waals surface area contributed by atoms with Crippen LogP contribution in [-0.4, -0.2) is 72.2 Å². The molecule has 0 aromatic carbocycles. The van der Waals surface area contributed by atoms with Crippen LogP contribution in [0, 0.1) is 0 Å². The van der Waals surface area contributed by atoms with Crippen molar-refractivity contribution in [1.29, 1.82) is 0 Å². The molecule has 0 bridgehead atoms. The van der Waals surface area contributed by atoms with Gasteiger partial charge < -0.3 is 20.2 Å². The highest BCUT2D eigenvalue weighted by molar-refractivity contribution is 5.99. The summed E-state index contributed by atoms with van der Waals surface area (Å²) in [5, 5.41) is 12.8. The summed E-state index contributed by atoms with van der Waals surface area (Å²) in [5.41, 5.74) is 0.549. The molecule has 6 nitrogen and oxygen atoms in total. The lowest BCUT2D eigenvalue weighted by Crippen LogP contribution is -2.41. The number of likely N-dealkylation sites (N-methyl/N-ethyl adjacent to an activating group) is 1. The number of carbonyl (C=O) groups excluding carboxylic acids is 1. The van der Waals surface area contributed by atoms with E-state index in [1.807, 2.05) is 19.0 Å². The number of nitrogens with one attached hydrogen (secondary N) is 1. The quantitative estimate of drug-likeness (QED) is 0.827. The van der Waals surface area contributed by atoms with Crippen molar-refractivity contribution < 1.29 is 9.90 Å². The molecule has 0 saturated carbocycles. The second kappa shape index (κ2) is 6.19. The summed E-state index contributed by atoms with van der Waals surface area (Å²) in [6.45, 7) is 1.13. The first kappa shape index (κ1) is 14.7. The van der Waals surface area contributed by atoms with Gasteiger partial charge in [0.25, 0.3) is 5.91 Å². The van der Waals surface area contributed by atoms with Crippen molar-refractivity contribution in [2.45, 2.75) is 18.6 Å². The lowest BCUT2D eigenvalue weighted by Gasteiger charge is -2.27. The van der Waals surface area contributed by atoms with Crippen molar-refractivity contribution in [3.05, 3.63) is 23.9 Å². The van der Waals surface area contributed by atoms with Gasteiger partial charge in [-0.15, -0.1) is 0 Å². The molecule has 6 heteroatoms. The van der Waals surface area contributed by atoms with E-state index in [1.54, 1.807) is 30.3 Å². The lowest BCUT2D eigenvalue weighted by molar-refractivity contribution is 0.0700. The van der Waals surface area contributed by atoms with Crippen molar-refractivity contribution in [2.24, 2.45) is 0 Å². The van der Waals surface area contributed by atoms with Crippen molar-refractivity contribution in [3.8, 4) is 0 Å². The molecule has 110 valence electrons. The smallest absolute Gasteiger partial charge is 0.257 e. The first-order valence-electron chi connectivity index (χ1n) is 6.79. The highest BCUT2D eigenvalue weighted by Gasteiger charge is 2.35. The summed E-state index contributed by atoms with van der Waals surface area (Å²) in [6.07, 6.45) is 1.83. The Hall–Kier alpha value is -1.66. The van der Waals surface area contributed by atoms with E-state index in [9.17, 15) is 9.90 Å². The van der Waals surface area contributed by atoms with Gasteiger partial charge in [0, 0.05) is 32.4 Å². The van der Waals surface area contributed by atoms with E-state index in [-0.39, 0.29) is 11.9 Å². The SMILES string of the molecule is CNc1ncccc1C(=O)N1CC(O)CC1CN(C)C. The van der Waals surface area contributed by atoms with Crippen molar-refractivity contribution in [1.82, 2.24) is 14.8 Å². The van der Waals surface area contributed by atoms with E-state index < -0.39 is 6.10 Å². The molecule has 2 atom stereocenters. The Kier molecular flexibility index (Phi) is 4.57. The van der Waals surface area contributed by atoms with Crippen molar-refractivity contribution in [3.63, 3.8) is 0 Å². The van der Waals surface area contributed by atoms with E-state index in [4.69, 9.17) is 0 Å². The van der Waals surface area contributed by atoms with Crippen LogP contribution in [-0.2, 0) is 0 Å². The molecule has 0 radical (unpaired) electrons. The summed E-state index contributed by atoms with van der Waals surface area (Å²) >= 11 is 0. The van der Waals surface area contributed by atoms with Gasteiger partial charge in [0.05, 0.1) is 11.7 Å². The molecule has 1 aromatic rings. The number of carbonyl (C=O) groups is 1. The minimum Gasteiger partial charge on any atom is -0.391 e. The van der Waals surface area contributed by atoms with Crippen LogP contribution in [0.25, 0.3) is 0 Å². The molecular weight excluding hydrogens is 256 g/mol. The molecule has 1 amide bonds. The van der Waals surface area contributed by atoms with Gasteiger partial charge in [-0.2, -0.15) is 0 Å². The third-order valence-corrected chi connectivity index (χ3v) is 3.50. The number of aromatic nitrogens is 1. The first-order chi connectivity index (χ1) is 9.52. The summed E-state index contributed by atoms with van der Waals surface area (Å²) < 4.78 is 0. The number of hydrogen-bond acceptors (Lipinski definition) is 5. The Balaban J connectivity index is 2.22. The van der Waals surface area contributed by atoms with Gasteiger partial charge in [0.1, 0.15) is 5.82 Å². The van der Waals surface area contributed by atoms with Crippen LogP contribution < -0.4 is 5.32 Å². The number of likely N-dealkylation sites (tertiary alicyclic amines) is 1. The largest absolute Gasteiger partial charge is 0.391 e. The highest BCUT2D eigenvalue weighted by atomic mass is 16.3. The molecular formula is C14H22N4O2. The van der Waals surface area contributed by atoms with Crippen LogP contribution in [0.4, 0.5) is 5.82 Å². The summed E-state index contributed by atoms with van der Waals surface area (Å²) in [5.74, 6) is 0.494. The second-order valence-corrected chi connectivity index (χ2v) is 5.41. The molecule has 0 spiro atoms. The number of anilines is 1. The molecule has 20 heavy (non-hydrogen) atoms. The fourth-order valence-corrected chi connectivity index (χ4v) is 2.67. The molecule has 1 aromatic heterocycles. The average Bonchev–Trinajstić information content (AvgIpc) is 2.77. The predicted octanol–water partition coefficient (Wildman–Crippen LogP) is 0.260. The third kappa shape index (κ3) is 3.08. The van der Waals surface area contributed by atoms with Gasteiger partial charge in [-0.1, -0.05) is 0 Å². The van der Waals surface area contributed by atoms with Crippen molar-refractivity contribution in [2.75, 3.05) is 39.5 Å². The predicted molar refractivity (Wildman–Crippen MR) is 77.8 cm³/mol. The van der Waals surface area contributed by atoms with E-state index in [2.05, 4.69) is 10.3 Å². The number of aliphatic hydroxyl groups excluding tert-OH is 1. The molecule has 2 unspecified atom stereocenters. The minimum absolute atomic E-state index is 0.0393. The number of amides is 1. The standard InChI is InChI=1S/C14H22N4O2/c1-15-13-12(5-4-6-16-13)14(20)18-9-11(19)7-10(18)8-17(2)3/h4-6,10-11,19H,7-9H2,1-3H3,(H,15,16). The number of pyridine rings is 1. The van der Waals surface area contributed by atoms with Gasteiger partial charge in [0.2, 0.25) is 0 Å². The molecule has 2 rings (SSSR count). The van der Waals surface area contributed by atoms with E-state index in [1.165, 1.54) is 0 Å². The van der Waals surface area contributed by atoms with Gasteiger partial charge in [0.15, 0.2) is 0 Å². The van der Waals surface area contributed by atoms with Gasteiger partial charge >= 0.3 is 0 Å². The van der Waals surface area contributed by atoms with E-state index in [0.717, 1.165) is 6.54 Å². The number of hydrogen-bond donors (Lipinski definition) is 2. The molecule has 1 aliphatic heterocycles. The van der Waals surface area contributed by atoms with Gasteiger partial charge in [-0.3, -0.25) is 4.79 Å². The molecule has 1 saturated heterocycles. The molecule has 2 N–H and O–H groups in total. The lowest BCUT2D eigenvalue weighted by atomic mass is 10.1. The normalized spacial score (nSPS) is 22.4. The van der Waals surface area contributed by atoms with Crippen LogP contribution in [0.5, 0.6) is 0 Å². The molecule has 1 fully saturated rings. The maximum Gasteiger partial charge on any atom is 0.257 e. The maximum absolute atomic E-state index is 12.7. The number of aliphatic hydroxyl groups is 1. The van der Waals surface area contributed by atoms with E-state index in [0.29, 0.717) is 24.3 Å². The topological polar surface area (TPSA) is 68.7 Å². The average molecular weight is 278 g/mol. The summed E-state index contributed by atoms with van der Waals surface area (Å²) in [7, 11) is 5.68. The monoisotopic (exact) mass is 278 g/mol. The van der Waals surface area contributed by atoms with Crippen LogP contribution in [0.3, 0.4) is 0 Å². The third-order valence-electron chi connectivity index (χ3n) is 3.50. The highest BCUT2D eigenvalue weighted by Crippen LogP contribution is 2.23. The van der Waals surface area contributed by atoms with Gasteiger partial charge in [-0.05, 0) is 32.6 Å². The molecule has 0 aliphatic carbocycles. The molecule has 1 aliphatic rings. The number of nitrogens with zero attached hydrogens (tertiary/aromatic N) is 3. The first-order valence-corrected chi connectivity index (χ1v) is 6.79. The second-order valence-electron chi connectivity index (χ2n) is 5.41.